The molecule has 0 aliphatic carbocycles. The fourth-order valence-corrected chi connectivity index (χ4v) is 4.92. The van der Waals surface area contributed by atoms with Crippen LogP contribution in [0.4, 0.5) is 5.13 Å². The smallest absolute Gasteiger partial charge is 0.269 e. The van der Waals surface area contributed by atoms with Crippen molar-refractivity contribution in [2.75, 3.05) is 11.1 Å². The third kappa shape index (κ3) is 4.14. The zero-order valence-corrected chi connectivity index (χ0v) is 16.7. The van der Waals surface area contributed by atoms with Gasteiger partial charge in [0.1, 0.15) is 10.6 Å². The number of thiazole rings is 2. The van der Waals surface area contributed by atoms with Crippen LogP contribution in [0.3, 0.4) is 0 Å². The molecule has 0 fully saturated rings. The van der Waals surface area contributed by atoms with Crippen LogP contribution in [0.15, 0.2) is 20.8 Å². The van der Waals surface area contributed by atoms with Crippen LogP contribution in [0.5, 0.6) is 0 Å². The number of aryl methyl sites for hydroxylation is 3. The van der Waals surface area contributed by atoms with Gasteiger partial charge in [0.05, 0.1) is 21.3 Å². The van der Waals surface area contributed by atoms with Gasteiger partial charge in [-0.15, -0.1) is 23.1 Å². The van der Waals surface area contributed by atoms with Gasteiger partial charge in [-0.05, 0) is 32.9 Å². The standard InChI is InChI=1S/C16H16N4O3S3/c1-7-4-5-10(23-7)14-18-8(2)12(25-14)13(22)20-16-19-9(3)15(26-16)24-6-11(17)21/h4-5H,6H2,1-3H3,(H2,17,21)(H,19,20,22). The molecule has 136 valence electrons. The fraction of sp³-hybridized carbons (Fsp3) is 0.250. The Labute approximate surface area is 162 Å². The van der Waals surface area contributed by atoms with E-state index in [4.69, 9.17) is 10.2 Å². The first-order chi connectivity index (χ1) is 12.3. The first-order valence-corrected chi connectivity index (χ1v) is 10.2. The van der Waals surface area contributed by atoms with Crippen molar-refractivity contribution >= 4 is 51.4 Å². The van der Waals surface area contributed by atoms with E-state index in [0.29, 0.717) is 26.5 Å². The van der Waals surface area contributed by atoms with Gasteiger partial charge in [0, 0.05) is 0 Å². The second-order valence-corrected chi connectivity index (χ2v) is 8.69. The zero-order valence-electron chi connectivity index (χ0n) is 14.3. The van der Waals surface area contributed by atoms with Crippen LogP contribution in [0.2, 0.25) is 0 Å². The van der Waals surface area contributed by atoms with Crippen LogP contribution >= 0.6 is 34.4 Å². The minimum atomic E-state index is -0.394. The maximum absolute atomic E-state index is 12.6. The molecule has 0 bridgehead atoms. The van der Waals surface area contributed by atoms with E-state index in [1.807, 2.05) is 26.0 Å². The summed E-state index contributed by atoms with van der Waals surface area (Å²) in [5.41, 5.74) is 6.55. The molecule has 3 aromatic rings. The number of nitrogens with one attached hydrogen (secondary N) is 1. The minimum absolute atomic E-state index is 0.177. The van der Waals surface area contributed by atoms with Gasteiger partial charge in [-0.25, -0.2) is 9.97 Å². The van der Waals surface area contributed by atoms with Gasteiger partial charge in [0.2, 0.25) is 5.91 Å². The summed E-state index contributed by atoms with van der Waals surface area (Å²) < 4.78 is 6.42. The SMILES string of the molecule is Cc1ccc(-c2nc(C)c(C(=O)Nc3nc(C)c(SCC(N)=O)s3)s2)o1. The molecule has 0 spiro atoms. The number of carbonyl (C=O) groups excluding carboxylic acids is 2. The first-order valence-electron chi connectivity index (χ1n) is 7.57. The molecule has 0 aromatic carbocycles. The number of rotatable bonds is 6. The largest absolute Gasteiger partial charge is 0.459 e. The van der Waals surface area contributed by atoms with Crippen molar-refractivity contribution in [1.29, 1.82) is 0 Å². The van der Waals surface area contributed by atoms with Gasteiger partial charge in [-0.1, -0.05) is 11.3 Å². The molecule has 7 nitrogen and oxygen atoms in total. The van der Waals surface area contributed by atoms with Crippen molar-refractivity contribution in [3.8, 4) is 10.8 Å². The number of furan rings is 1. The highest BCUT2D eigenvalue weighted by Gasteiger charge is 2.19. The summed E-state index contributed by atoms with van der Waals surface area (Å²) in [6, 6.07) is 3.69. The Morgan fingerprint density at radius 1 is 1.19 bits per heavy atom. The molecule has 0 radical (unpaired) electrons. The van der Waals surface area contributed by atoms with E-state index in [9.17, 15) is 9.59 Å². The number of thioether (sulfide) groups is 1. The second-order valence-electron chi connectivity index (χ2n) is 5.44. The Morgan fingerprint density at radius 2 is 1.96 bits per heavy atom. The Morgan fingerprint density at radius 3 is 2.62 bits per heavy atom. The topological polar surface area (TPSA) is 111 Å². The van der Waals surface area contributed by atoms with Gasteiger partial charge in [-0.2, -0.15) is 0 Å². The average Bonchev–Trinajstić information content (AvgIpc) is 3.24. The first kappa shape index (κ1) is 18.6. The summed E-state index contributed by atoms with van der Waals surface area (Å²) >= 11 is 3.90. The van der Waals surface area contributed by atoms with Crippen LogP contribution in [0.25, 0.3) is 10.8 Å². The number of carbonyl (C=O) groups is 2. The number of anilines is 1. The normalized spacial score (nSPS) is 10.9. The predicted octanol–water partition coefficient (Wildman–Crippen LogP) is 3.61. The molecule has 26 heavy (non-hydrogen) atoms. The Kier molecular flexibility index (Phi) is 5.44. The summed E-state index contributed by atoms with van der Waals surface area (Å²) in [7, 11) is 0. The summed E-state index contributed by atoms with van der Waals surface area (Å²) in [6.45, 7) is 5.47. The fourth-order valence-electron chi connectivity index (χ4n) is 2.12. The maximum atomic E-state index is 12.6. The summed E-state index contributed by atoms with van der Waals surface area (Å²) in [5, 5.41) is 3.93. The highest BCUT2D eigenvalue weighted by molar-refractivity contribution is 8.01. The van der Waals surface area contributed by atoms with E-state index >= 15 is 0 Å². The molecule has 0 aliphatic heterocycles. The lowest BCUT2D eigenvalue weighted by Gasteiger charge is -1.98. The third-order valence-electron chi connectivity index (χ3n) is 3.27. The summed E-state index contributed by atoms with van der Waals surface area (Å²) in [6.07, 6.45) is 0. The lowest BCUT2D eigenvalue weighted by molar-refractivity contribution is -0.115. The van der Waals surface area contributed by atoms with E-state index in [0.717, 1.165) is 15.7 Å². The molecule has 3 aromatic heterocycles. The van der Waals surface area contributed by atoms with Crippen molar-refractivity contribution in [3.05, 3.63) is 34.2 Å². The van der Waals surface area contributed by atoms with Crippen molar-refractivity contribution in [2.45, 2.75) is 25.0 Å². The maximum Gasteiger partial charge on any atom is 0.269 e. The number of primary amides is 1. The zero-order chi connectivity index (χ0) is 18.8. The van der Waals surface area contributed by atoms with Gasteiger partial charge >= 0.3 is 0 Å². The van der Waals surface area contributed by atoms with E-state index < -0.39 is 5.91 Å². The number of nitrogens with zero attached hydrogens (tertiary/aromatic N) is 2. The lowest BCUT2D eigenvalue weighted by atomic mass is 10.4. The van der Waals surface area contributed by atoms with E-state index in [1.54, 1.807) is 6.92 Å². The molecule has 10 heteroatoms. The highest BCUT2D eigenvalue weighted by atomic mass is 32.2. The molecule has 0 unspecified atom stereocenters. The highest BCUT2D eigenvalue weighted by Crippen LogP contribution is 2.33. The number of nitrogens with two attached hydrogens (primary N) is 1. The Bertz CT molecular complexity index is 973. The number of hydrogen-bond acceptors (Lipinski definition) is 8. The molecule has 0 saturated heterocycles. The van der Waals surface area contributed by atoms with Crippen LogP contribution in [0.1, 0.15) is 26.8 Å². The molecular formula is C16H16N4O3S3. The molecule has 0 aliphatic rings. The van der Waals surface area contributed by atoms with Crippen LogP contribution in [0, 0.1) is 20.8 Å². The van der Waals surface area contributed by atoms with Crippen LogP contribution in [-0.2, 0) is 4.79 Å². The Hall–Kier alpha value is -2.17. The van der Waals surface area contributed by atoms with Gasteiger partial charge < -0.3 is 10.2 Å². The van der Waals surface area contributed by atoms with Crippen molar-refractivity contribution in [1.82, 2.24) is 9.97 Å². The van der Waals surface area contributed by atoms with Gasteiger partial charge in [0.25, 0.3) is 5.91 Å². The summed E-state index contributed by atoms with van der Waals surface area (Å²) in [5.74, 6) is 0.947. The van der Waals surface area contributed by atoms with Crippen LogP contribution in [-0.4, -0.2) is 27.5 Å². The Balaban J connectivity index is 1.75. The molecular weight excluding hydrogens is 392 g/mol. The van der Waals surface area contributed by atoms with Gasteiger partial charge in [-0.3, -0.25) is 14.9 Å². The van der Waals surface area contributed by atoms with E-state index in [1.165, 1.54) is 34.4 Å². The van der Waals surface area contributed by atoms with E-state index in [2.05, 4.69) is 15.3 Å². The molecule has 2 amide bonds. The molecule has 0 atom stereocenters. The molecule has 3 N–H and O–H groups in total. The third-order valence-corrected chi connectivity index (χ3v) is 6.90. The molecule has 3 rings (SSSR count). The second kappa shape index (κ2) is 7.60. The van der Waals surface area contributed by atoms with Crippen molar-refractivity contribution in [3.63, 3.8) is 0 Å². The van der Waals surface area contributed by atoms with Crippen LogP contribution < -0.4 is 11.1 Å². The monoisotopic (exact) mass is 408 g/mol. The average molecular weight is 409 g/mol. The van der Waals surface area contributed by atoms with Crippen molar-refractivity contribution < 1.29 is 14.0 Å². The molecule has 3 heterocycles. The minimum Gasteiger partial charge on any atom is -0.459 e. The number of aromatic nitrogens is 2. The quantitative estimate of drug-likeness (QED) is 0.603. The van der Waals surface area contributed by atoms with E-state index in [-0.39, 0.29) is 11.7 Å². The summed E-state index contributed by atoms with van der Waals surface area (Å²) in [4.78, 5) is 32.8. The number of hydrogen-bond donors (Lipinski definition) is 2. The van der Waals surface area contributed by atoms with Gasteiger partial charge in [0.15, 0.2) is 15.9 Å². The predicted molar refractivity (Wildman–Crippen MR) is 104 cm³/mol. The molecule has 0 saturated carbocycles. The van der Waals surface area contributed by atoms with Crippen molar-refractivity contribution in [2.24, 2.45) is 5.73 Å². The number of amides is 2. The lowest BCUT2D eigenvalue weighted by Crippen LogP contribution is -2.12.